The van der Waals surface area contributed by atoms with Gasteiger partial charge in [-0.25, -0.2) is 0 Å². The van der Waals surface area contributed by atoms with Crippen molar-refractivity contribution in [3.8, 4) is 11.5 Å². The SMILES string of the molecule is CCC(=O)N(Cc1ccc(OC)c(OS(C)(=O)=O)c1)CC(C)C. The minimum Gasteiger partial charge on any atom is -0.493 e. The van der Waals surface area contributed by atoms with E-state index in [1.54, 1.807) is 23.1 Å². The minimum absolute atomic E-state index is 0.0556. The summed E-state index contributed by atoms with van der Waals surface area (Å²) in [5, 5.41) is 0. The number of carbonyl (C=O) groups excluding carboxylic acids is 1. The molecular weight excluding hydrogens is 318 g/mol. The second kappa shape index (κ2) is 8.19. The summed E-state index contributed by atoms with van der Waals surface area (Å²) in [6.45, 7) is 6.95. The average Bonchev–Trinajstić information content (AvgIpc) is 2.44. The third kappa shape index (κ3) is 6.48. The number of nitrogens with zero attached hydrogens (tertiary/aromatic N) is 1. The number of methoxy groups -OCH3 is 1. The molecule has 0 saturated carbocycles. The number of rotatable bonds is 8. The summed E-state index contributed by atoms with van der Waals surface area (Å²) in [5.74, 6) is 0.855. The Labute approximate surface area is 138 Å². The lowest BCUT2D eigenvalue weighted by atomic mass is 10.1. The summed E-state index contributed by atoms with van der Waals surface area (Å²) < 4.78 is 32.8. The number of ether oxygens (including phenoxy) is 1. The van der Waals surface area contributed by atoms with Gasteiger partial charge in [0.2, 0.25) is 5.91 Å². The van der Waals surface area contributed by atoms with Gasteiger partial charge in [0.25, 0.3) is 0 Å². The highest BCUT2D eigenvalue weighted by atomic mass is 32.2. The predicted molar refractivity (Wildman–Crippen MR) is 89.0 cm³/mol. The third-order valence-corrected chi connectivity index (χ3v) is 3.57. The van der Waals surface area contributed by atoms with Crippen molar-refractivity contribution in [2.24, 2.45) is 5.92 Å². The minimum atomic E-state index is -3.66. The van der Waals surface area contributed by atoms with Crippen molar-refractivity contribution in [1.82, 2.24) is 4.90 Å². The second-order valence-corrected chi connectivity index (χ2v) is 7.37. The summed E-state index contributed by atoms with van der Waals surface area (Å²) in [5.41, 5.74) is 0.784. The van der Waals surface area contributed by atoms with E-state index in [9.17, 15) is 13.2 Å². The van der Waals surface area contributed by atoms with E-state index in [4.69, 9.17) is 8.92 Å². The molecule has 0 heterocycles. The van der Waals surface area contributed by atoms with Crippen molar-refractivity contribution in [3.05, 3.63) is 23.8 Å². The summed E-state index contributed by atoms with van der Waals surface area (Å²) >= 11 is 0. The fourth-order valence-electron chi connectivity index (χ4n) is 2.19. The highest BCUT2D eigenvalue weighted by Gasteiger charge is 2.16. The number of carbonyl (C=O) groups is 1. The van der Waals surface area contributed by atoms with E-state index >= 15 is 0 Å². The molecule has 1 rings (SSSR count). The quantitative estimate of drug-likeness (QED) is 0.678. The molecule has 1 amide bonds. The maximum absolute atomic E-state index is 12.1. The zero-order valence-corrected chi connectivity index (χ0v) is 15.1. The van der Waals surface area contributed by atoms with Gasteiger partial charge in [0.1, 0.15) is 0 Å². The molecule has 1 aromatic rings. The highest BCUT2D eigenvalue weighted by molar-refractivity contribution is 7.86. The number of hydrogen-bond acceptors (Lipinski definition) is 5. The van der Waals surface area contributed by atoms with Crippen LogP contribution in [0.15, 0.2) is 18.2 Å². The van der Waals surface area contributed by atoms with Crippen LogP contribution in [0.4, 0.5) is 0 Å². The van der Waals surface area contributed by atoms with Gasteiger partial charge in [-0.3, -0.25) is 4.79 Å². The van der Waals surface area contributed by atoms with Crippen molar-refractivity contribution in [3.63, 3.8) is 0 Å². The Balaban J connectivity index is 3.07. The lowest BCUT2D eigenvalue weighted by Gasteiger charge is -2.24. The van der Waals surface area contributed by atoms with E-state index in [1.807, 2.05) is 20.8 Å². The van der Waals surface area contributed by atoms with Gasteiger partial charge in [0, 0.05) is 19.5 Å². The van der Waals surface area contributed by atoms with Crippen LogP contribution < -0.4 is 8.92 Å². The molecule has 0 spiro atoms. The molecule has 23 heavy (non-hydrogen) atoms. The Kier molecular flexibility index (Phi) is 6.87. The molecule has 0 saturated heterocycles. The third-order valence-electron chi connectivity index (χ3n) is 3.08. The van der Waals surface area contributed by atoms with Gasteiger partial charge in [-0.1, -0.05) is 26.8 Å². The second-order valence-electron chi connectivity index (χ2n) is 5.79. The summed E-state index contributed by atoms with van der Waals surface area (Å²) in [7, 11) is -2.22. The van der Waals surface area contributed by atoms with Crippen LogP contribution in [0.1, 0.15) is 32.8 Å². The Morgan fingerprint density at radius 1 is 1.26 bits per heavy atom. The van der Waals surface area contributed by atoms with E-state index in [1.165, 1.54) is 7.11 Å². The van der Waals surface area contributed by atoms with E-state index in [-0.39, 0.29) is 11.7 Å². The normalized spacial score (nSPS) is 11.4. The van der Waals surface area contributed by atoms with Crippen molar-refractivity contribution in [2.45, 2.75) is 33.7 Å². The topological polar surface area (TPSA) is 72.9 Å². The largest absolute Gasteiger partial charge is 0.493 e. The molecule has 7 heteroatoms. The molecular formula is C16H25NO5S. The first-order valence-electron chi connectivity index (χ1n) is 7.50. The van der Waals surface area contributed by atoms with Crippen molar-refractivity contribution in [2.75, 3.05) is 19.9 Å². The molecule has 1 aromatic carbocycles. The Hall–Kier alpha value is -1.76. The van der Waals surface area contributed by atoms with Gasteiger partial charge in [-0.15, -0.1) is 0 Å². The molecule has 130 valence electrons. The summed E-state index contributed by atoms with van der Waals surface area (Å²) in [6, 6.07) is 5.03. The molecule has 6 nitrogen and oxygen atoms in total. The molecule has 0 fully saturated rings. The van der Waals surface area contributed by atoms with Gasteiger partial charge >= 0.3 is 10.1 Å². The lowest BCUT2D eigenvalue weighted by Crippen LogP contribution is -2.33. The monoisotopic (exact) mass is 343 g/mol. The molecule has 0 aromatic heterocycles. The van der Waals surface area contributed by atoms with E-state index < -0.39 is 10.1 Å². The van der Waals surface area contributed by atoms with Crippen LogP contribution in [0.3, 0.4) is 0 Å². The smallest absolute Gasteiger partial charge is 0.306 e. The molecule has 0 aliphatic heterocycles. The fourth-order valence-corrected chi connectivity index (χ4v) is 2.64. The van der Waals surface area contributed by atoms with Gasteiger partial charge < -0.3 is 13.8 Å². The number of benzene rings is 1. The van der Waals surface area contributed by atoms with Crippen molar-refractivity contribution < 1.29 is 22.1 Å². The van der Waals surface area contributed by atoms with Crippen LogP contribution in [0, 0.1) is 5.92 Å². The van der Waals surface area contributed by atoms with Crippen LogP contribution in [-0.4, -0.2) is 39.1 Å². The van der Waals surface area contributed by atoms with E-state index in [0.29, 0.717) is 31.2 Å². The first-order chi connectivity index (χ1) is 10.7. The molecule has 0 N–H and O–H groups in total. The van der Waals surface area contributed by atoms with Crippen LogP contribution in [0.2, 0.25) is 0 Å². The van der Waals surface area contributed by atoms with Gasteiger partial charge in [0.05, 0.1) is 13.4 Å². The molecule has 0 bridgehead atoms. The van der Waals surface area contributed by atoms with Crippen molar-refractivity contribution >= 4 is 16.0 Å². The lowest BCUT2D eigenvalue weighted by molar-refractivity contribution is -0.132. The first-order valence-corrected chi connectivity index (χ1v) is 9.32. The average molecular weight is 343 g/mol. The highest BCUT2D eigenvalue weighted by Crippen LogP contribution is 2.29. The molecule has 0 radical (unpaired) electrons. The van der Waals surface area contributed by atoms with Gasteiger partial charge in [-0.05, 0) is 23.6 Å². The summed E-state index contributed by atoms with van der Waals surface area (Å²) in [4.78, 5) is 13.8. The van der Waals surface area contributed by atoms with Crippen molar-refractivity contribution in [1.29, 1.82) is 0 Å². The molecule has 0 atom stereocenters. The van der Waals surface area contributed by atoms with E-state index in [2.05, 4.69) is 0 Å². The Bertz CT molecular complexity index is 640. The molecule has 0 aliphatic carbocycles. The van der Waals surface area contributed by atoms with Crippen LogP contribution in [0.25, 0.3) is 0 Å². The number of hydrogen-bond donors (Lipinski definition) is 0. The van der Waals surface area contributed by atoms with Gasteiger partial charge in [0.15, 0.2) is 11.5 Å². The van der Waals surface area contributed by atoms with Crippen LogP contribution >= 0.6 is 0 Å². The first kappa shape index (κ1) is 19.3. The zero-order valence-electron chi connectivity index (χ0n) is 14.3. The zero-order chi connectivity index (χ0) is 17.6. The maximum Gasteiger partial charge on any atom is 0.306 e. The van der Waals surface area contributed by atoms with Crippen LogP contribution in [-0.2, 0) is 21.5 Å². The Morgan fingerprint density at radius 3 is 2.39 bits per heavy atom. The Morgan fingerprint density at radius 2 is 1.91 bits per heavy atom. The standard InChI is InChI=1S/C16H25NO5S/c1-6-16(18)17(10-12(2)3)11-13-7-8-14(21-4)15(9-13)22-23(5,19)20/h7-9,12H,6,10-11H2,1-5H3. The number of amides is 1. The molecule has 0 unspecified atom stereocenters. The fraction of sp³-hybridized carbons (Fsp3) is 0.562. The summed E-state index contributed by atoms with van der Waals surface area (Å²) in [6.07, 6.45) is 1.40. The van der Waals surface area contributed by atoms with E-state index in [0.717, 1.165) is 11.8 Å². The predicted octanol–water partition coefficient (Wildman–Crippen LogP) is 2.43. The van der Waals surface area contributed by atoms with Gasteiger partial charge in [-0.2, -0.15) is 8.42 Å². The molecule has 0 aliphatic rings. The maximum atomic E-state index is 12.1. The van der Waals surface area contributed by atoms with Crippen LogP contribution in [0.5, 0.6) is 11.5 Å².